The predicted octanol–water partition coefficient (Wildman–Crippen LogP) is 11.2. The number of rotatable bonds is 2. The number of benzene rings is 4. The maximum Gasteiger partial charge on any atom is 0.139 e. The van der Waals surface area contributed by atoms with Gasteiger partial charge in [-0.15, -0.1) is 53.6 Å². The molecule has 5 nitrogen and oxygen atoms in total. The maximum atomic E-state index is 8.15. The quantitative estimate of drug-likeness (QED) is 0.163. The first kappa shape index (κ1) is 29.5. The molecule has 243 valence electrons. The molecule has 0 atom stereocenters. The van der Waals surface area contributed by atoms with Crippen LogP contribution in [0.5, 0.6) is 0 Å². The summed E-state index contributed by atoms with van der Waals surface area (Å²) in [6.07, 6.45) is 3.48. The van der Waals surface area contributed by atoms with Crippen molar-refractivity contribution in [1.29, 1.82) is 0 Å². The Morgan fingerprint density at radius 3 is 2.21 bits per heavy atom. The number of aromatic nitrogens is 3. The third-order valence-electron chi connectivity index (χ3n) is 8.36. The molecular weight excluding hydrogens is 771 g/mol. The zero-order chi connectivity index (χ0) is 35.4. The molecular formula is C42H37IrN3O2-2. The van der Waals surface area contributed by atoms with Crippen molar-refractivity contribution in [3.8, 4) is 22.5 Å². The van der Waals surface area contributed by atoms with Crippen LogP contribution in [0.15, 0.2) is 106 Å². The summed E-state index contributed by atoms with van der Waals surface area (Å²) in [5.41, 5.74) is 8.04. The molecule has 0 saturated heterocycles. The van der Waals surface area contributed by atoms with Gasteiger partial charge in [0.25, 0.3) is 0 Å². The average Bonchev–Trinajstić information content (AvgIpc) is 3.66. The molecule has 48 heavy (non-hydrogen) atoms. The molecule has 0 unspecified atom stereocenters. The van der Waals surface area contributed by atoms with Crippen molar-refractivity contribution < 1.29 is 33.1 Å². The Balaban J connectivity index is 0.000000222. The van der Waals surface area contributed by atoms with Gasteiger partial charge in [0.15, 0.2) is 0 Å². The van der Waals surface area contributed by atoms with Gasteiger partial charge in [-0.2, -0.15) is 0 Å². The number of pyridine rings is 1. The fourth-order valence-corrected chi connectivity index (χ4v) is 5.73. The van der Waals surface area contributed by atoms with Crippen LogP contribution >= 0.6 is 0 Å². The third-order valence-corrected chi connectivity index (χ3v) is 8.36. The summed E-state index contributed by atoms with van der Waals surface area (Å²) in [5.74, 6) is 0. The minimum absolute atomic E-state index is 0. The smallest absolute Gasteiger partial charge is 0.139 e. The number of fused-ring (bicyclic) bond motifs is 7. The Hall–Kier alpha value is -4.64. The number of furan rings is 2. The van der Waals surface area contributed by atoms with Crippen molar-refractivity contribution in [2.24, 2.45) is 0 Å². The molecule has 0 aliphatic heterocycles. The minimum atomic E-state index is -2.33. The summed E-state index contributed by atoms with van der Waals surface area (Å²) in [6.45, 7) is 10.5. The van der Waals surface area contributed by atoms with Crippen LogP contribution in [0.4, 0.5) is 0 Å². The van der Waals surface area contributed by atoms with Gasteiger partial charge in [0, 0.05) is 52.3 Å². The standard InChI is InChI=1S/C27H21N2O2.C15H16N.Ir/c1-15-9-10-16(19-13-22(27(2,3)4)29-14-28-19)25-23(15)18-11-12-21-24(26(18)31-25)17-7-5-6-8-20(17)30-21;1-15(2,3)13-9-10-14(16-11-13)12-7-5-4-6-8-12;/h5-9,11-14H,1-4H3;4-7,9-11H,1-3H3;/q2*-1;/i1D3;;. The molecule has 0 spiro atoms. The van der Waals surface area contributed by atoms with E-state index in [0.717, 1.165) is 38.7 Å². The van der Waals surface area contributed by atoms with Crippen LogP contribution in [-0.2, 0) is 30.9 Å². The minimum Gasteiger partial charge on any atom is -0.500 e. The molecule has 0 fully saturated rings. The number of para-hydroxylation sites is 1. The van der Waals surface area contributed by atoms with Gasteiger partial charge in [-0.3, -0.25) is 4.98 Å². The summed E-state index contributed by atoms with van der Waals surface area (Å²) in [5, 5.41) is 3.01. The SMILES string of the molecule is CC(C)(C)c1ccc(-c2[c-]cccc2)nc1.[2H]C([2H])([2H])c1c[c-]c(-c2cc(C(C)(C)C)ncn2)c2oc3c(ccc4oc5ccccc5c43)c12.[Ir]. The maximum absolute atomic E-state index is 8.15. The first-order valence-corrected chi connectivity index (χ1v) is 15.7. The van der Waals surface area contributed by atoms with Crippen LogP contribution in [0.25, 0.3) is 66.4 Å². The summed E-state index contributed by atoms with van der Waals surface area (Å²) < 4.78 is 37.0. The van der Waals surface area contributed by atoms with Crippen molar-refractivity contribution in [1.82, 2.24) is 15.0 Å². The molecule has 4 aromatic carbocycles. The summed E-state index contributed by atoms with van der Waals surface area (Å²) in [7, 11) is 0. The Bertz CT molecular complexity index is 2490. The molecule has 8 aromatic rings. The normalized spacial score (nSPS) is 13.1. The Kier molecular flexibility index (Phi) is 7.84. The van der Waals surface area contributed by atoms with Gasteiger partial charge in [0.2, 0.25) is 0 Å². The second-order valence-corrected chi connectivity index (χ2v) is 13.8. The first-order chi connectivity index (χ1) is 23.7. The van der Waals surface area contributed by atoms with Crippen LogP contribution < -0.4 is 0 Å². The fraction of sp³-hybridized carbons (Fsp3) is 0.214. The van der Waals surface area contributed by atoms with E-state index in [-0.39, 0.29) is 36.5 Å². The van der Waals surface area contributed by atoms with Crippen molar-refractivity contribution in [3.63, 3.8) is 0 Å². The third kappa shape index (κ3) is 6.19. The molecule has 0 bridgehead atoms. The van der Waals surface area contributed by atoms with Crippen molar-refractivity contribution in [2.45, 2.75) is 59.2 Å². The summed E-state index contributed by atoms with van der Waals surface area (Å²) in [6, 6.07) is 33.4. The van der Waals surface area contributed by atoms with Crippen LogP contribution in [0, 0.1) is 19.0 Å². The van der Waals surface area contributed by atoms with E-state index < -0.39 is 6.85 Å². The van der Waals surface area contributed by atoms with Gasteiger partial charge in [-0.1, -0.05) is 95.7 Å². The Morgan fingerprint density at radius 1 is 0.688 bits per heavy atom. The second kappa shape index (κ2) is 12.8. The number of aryl methyl sites for hydroxylation is 1. The van der Waals surface area contributed by atoms with Crippen LogP contribution in [-0.4, -0.2) is 15.0 Å². The van der Waals surface area contributed by atoms with Crippen LogP contribution in [0.1, 0.15) is 62.5 Å². The first-order valence-electron chi connectivity index (χ1n) is 17.2. The number of hydrogen-bond donors (Lipinski definition) is 0. The van der Waals surface area contributed by atoms with E-state index in [0.29, 0.717) is 33.4 Å². The molecule has 4 aromatic heterocycles. The summed E-state index contributed by atoms with van der Waals surface area (Å²) >= 11 is 0. The van der Waals surface area contributed by atoms with Crippen LogP contribution in [0.3, 0.4) is 0 Å². The summed E-state index contributed by atoms with van der Waals surface area (Å²) in [4.78, 5) is 13.4. The molecule has 0 amide bonds. The number of nitrogens with zero attached hydrogens (tertiary/aromatic N) is 3. The molecule has 4 heterocycles. The fourth-order valence-electron chi connectivity index (χ4n) is 5.73. The van der Waals surface area contributed by atoms with Gasteiger partial charge in [-0.25, -0.2) is 4.98 Å². The van der Waals surface area contributed by atoms with Gasteiger partial charge >= 0.3 is 0 Å². The molecule has 0 aliphatic rings. The monoisotopic (exact) mass is 811 g/mol. The molecule has 0 aliphatic carbocycles. The van der Waals surface area contributed by atoms with E-state index in [1.54, 1.807) is 0 Å². The Labute approximate surface area is 299 Å². The van der Waals surface area contributed by atoms with E-state index in [2.05, 4.69) is 80.8 Å². The van der Waals surface area contributed by atoms with E-state index in [4.69, 9.17) is 12.9 Å². The molecule has 0 N–H and O–H groups in total. The Morgan fingerprint density at radius 2 is 1.50 bits per heavy atom. The predicted molar refractivity (Wildman–Crippen MR) is 192 cm³/mol. The average molecular weight is 811 g/mol. The van der Waals surface area contributed by atoms with E-state index >= 15 is 0 Å². The van der Waals surface area contributed by atoms with Gasteiger partial charge < -0.3 is 13.8 Å². The zero-order valence-corrected chi connectivity index (χ0v) is 30.1. The van der Waals surface area contributed by atoms with Crippen LogP contribution in [0.2, 0.25) is 0 Å². The molecule has 1 radical (unpaired) electrons. The number of hydrogen-bond acceptors (Lipinski definition) is 5. The van der Waals surface area contributed by atoms with Crippen molar-refractivity contribution >= 4 is 43.9 Å². The van der Waals surface area contributed by atoms with Crippen molar-refractivity contribution in [3.05, 3.63) is 126 Å². The van der Waals surface area contributed by atoms with E-state index in [1.165, 1.54) is 18.0 Å². The molecule has 8 rings (SSSR count). The topological polar surface area (TPSA) is 65.0 Å². The largest absolute Gasteiger partial charge is 0.500 e. The van der Waals surface area contributed by atoms with E-state index in [9.17, 15) is 0 Å². The van der Waals surface area contributed by atoms with E-state index in [1.807, 2.05) is 72.9 Å². The molecule has 0 saturated carbocycles. The molecule has 6 heteroatoms. The second-order valence-electron chi connectivity index (χ2n) is 13.8. The van der Waals surface area contributed by atoms with Crippen molar-refractivity contribution in [2.75, 3.05) is 0 Å². The van der Waals surface area contributed by atoms with Gasteiger partial charge in [0.1, 0.15) is 23.1 Å². The zero-order valence-electron chi connectivity index (χ0n) is 30.7. The van der Waals surface area contributed by atoms with Gasteiger partial charge in [0.05, 0.1) is 11.0 Å². The van der Waals surface area contributed by atoms with Gasteiger partial charge in [-0.05, 0) is 40.6 Å².